The van der Waals surface area contributed by atoms with Gasteiger partial charge in [-0.25, -0.2) is 0 Å². The molecule has 2 aliphatic heterocycles. The van der Waals surface area contributed by atoms with Gasteiger partial charge < -0.3 is 20.8 Å². The summed E-state index contributed by atoms with van der Waals surface area (Å²) in [7, 11) is 0. The lowest BCUT2D eigenvalue weighted by atomic mass is 9.88. The van der Waals surface area contributed by atoms with Crippen LogP contribution < -0.4 is 10.6 Å². The van der Waals surface area contributed by atoms with Crippen LogP contribution >= 0.6 is 0 Å². The number of carbonyl (C=O) groups excluding carboxylic acids is 1. The van der Waals surface area contributed by atoms with Gasteiger partial charge in [0.25, 0.3) is 0 Å². The molecule has 5 nitrogen and oxygen atoms in total. The highest BCUT2D eigenvalue weighted by molar-refractivity contribution is 5.82. The van der Waals surface area contributed by atoms with Gasteiger partial charge in [0.2, 0.25) is 5.91 Å². The lowest BCUT2D eigenvalue weighted by molar-refractivity contribution is -0.123. The van der Waals surface area contributed by atoms with Crippen LogP contribution in [0.3, 0.4) is 0 Å². The van der Waals surface area contributed by atoms with Crippen molar-refractivity contribution < 1.29 is 15.0 Å². The van der Waals surface area contributed by atoms with Crippen LogP contribution in [0.2, 0.25) is 0 Å². The molecule has 0 bridgehead atoms. The topological polar surface area (TPSA) is 81.6 Å². The molecule has 2 saturated heterocycles. The third kappa shape index (κ3) is 8.49. The third-order valence-corrected chi connectivity index (χ3v) is 6.13. The fourth-order valence-electron chi connectivity index (χ4n) is 4.87. The van der Waals surface area contributed by atoms with Gasteiger partial charge in [-0.05, 0) is 77.7 Å². The van der Waals surface area contributed by atoms with Crippen molar-refractivity contribution in [2.45, 2.75) is 103 Å². The van der Waals surface area contributed by atoms with E-state index in [-0.39, 0.29) is 24.0 Å². The molecule has 0 saturated carbocycles. The second-order valence-electron chi connectivity index (χ2n) is 9.19. The molecule has 0 aromatic rings. The summed E-state index contributed by atoms with van der Waals surface area (Å²) in [6.07, 6.45) is 10.6. The minimum Gasteiger partial charge on any atom is -0.396 e. The quantitative estimate of drug-likeness (QED) is 0.465. The zero-order valence-electron chi connectivity index (χ0n) is 18.1. The molecule has 0 radical (unpaired) electrons. The molecule has 2 aliphatic rings. The molecule has 1 amide bonds. The van der Waals surface area contributed by atoms with E-state index >= 15 is 0 Å². The van der Waals surface area contributed by atoms with Crippen LogP contribution in [-0.4, -0.2) is 47.0 Å². The fourth-order valence-corrected chi connectivity index (χ4v) is 4.87. The number of carbonyl (C=O) groups is 1. The molecule has 0 aromatic heterocycles. The van der Waals surface area contributed by atoms with Crippen molar-refractivity contribution >= 4 is 5.91 Å². The van der Waals surface area contributed by atoms with Crippen molar-refractivity contribution in [3.8, 4) is 0 Å². The molecule has 2 heterocycles. The first-order valence-corrected chi connectivity index (χ1v) is 11.1. The summed E-state index contributed by atoms with van der Waals surface area (Å²) in [6.45, 7) is 10.5. The Hall–Kier alpha value is -0.650. The summed E-state index contributed by atoms with van der Waals surface area (Å²) in [5, 5.41) is 24.1. The van der Waals surface area contributed by atoms with Gasteiger partial charge in [-0.1, -0.05) is 26.7 Å². The van der Waals surface area contributed by atoms with Crippen LogP contribution in [-0.2, 0) is 4.79 Å². The van der Waals surface area contributed by atoms with E-state index in [1.807, 2.05) is 0 Å². The summed E-state index contributed by atoms with van der Waals surface area (Å²) in [5.41, 5.74) is 0.390. The van der Waals surface area contributed by atoms with Crippen LogP contribution in [0.25, 0.3) is 0 Å². The molecule has 4 unspecified atom stereocenters. The Morgan fingerprint density at radius 3 is 2.15 bits per heavy atom. The van der Waals surface area contributed by atoms with E-state index in [0.29, 0.717) is 12.1 Å². The molecular weight excluding hydrogens is 340 g/mol. The van der Waals surface area contributed by atoms with Crippen molar-refractivity contribution in [2.24, 2.45) is 11.8 Å². The predicted octanol–water partition coefficient (Wildman–Crippen LogP) is 3.38. The Bertz CT molecular complexity index is 432. The largest absolute Gasteiger partial charge is 0.396 e. The normalized spacial score (nSPS) is 32.9. The average molecular weight is 385 g/mol. The van der Waals surface area contributed by atoms with E-state index in [4.69, 9.17) is 10.2 Å². The third-order valence-electron chi connectivity index (χ3n) is 6.13. The molecule has 4 atom stereocenters. The lowest BCUT2D eigenvalue weighted by Gasteiger charge is -2.23. The fraction of sp³-hybridized carbons (Fsp3) is 0.955. The minimum atomic E-state index is 0.00591. The molecule has 27 heavy (non-hydrogen) atoms. The maximum atomic E-state index is 11.6. The van der Waals surface area contributed by atoms with E-state index in [9.17, 15) is 4.79 Å². The Morgan fingerprint density at radius 1 is 0.963 bits per heavy atom. The monoisotopic (exact) mass is 384 g/mol. The Balaban J connectivity index is 0.000000271. The Labute approximate surface area is 166 Å². The van der Waals surface area contributed by atoms with Gasteiger partial charge in [-0.3, -0.25) is 4.79 Å². The zero-order chi connectivity index (χ0) is 20.3. The van der Waals surface area contributed by atoms with Crippen molar-refractivity contribution in [3.05, 3.63) is 0 Å². The number of nitrogens with one attached hydrogen (secondary N) is 2. The number of amides is 1. The second-order valence-corrected chi connectivity index (χ2v) is 9.19. The molecule has 0 aromatic carbocycles. The van der Waals surface area contributed by atoms with Crippen LogP contribution in [0, 0.1) is 11.8 Å². The van der Waals surface area contributed by atoms with Crippen molar-refractivity contribution in [3.63, 3.8) is 0 Å². The number of hydrogen-bond acceptors (Lipinski definition) is 4. The van der Waals surface area contributed by atoms with Crippen LogP contribution in [0.4, 0.5) is 0 Å². The molecular formula is C22H44N2O3. The van der Waals surface area contributed by atoms with Gasteiger partial charge in [-0.2, -0.15) is 0 Å². The SMILES string of the molecule is CCCC1(C)CC(CCCO)C(=O)N1.CCCC1(C)CC(CCCO)CN1. The van der Waals surface area contributed by atoms with Crippen LogP contribution in [0.1, 0.15) is 91.9 Å². The maximum Gasteiger partial charge on any atom is 0.223 e. The summed E-state index contributed by atoms with van der Waals surface area (Å²) in [6, 6.07) is 0. The second kappa shape index (κ2) is 12.0. The highest BCUT2D eigenvalue weighted by Gasteiger charge is 2.39. The first-order chi connectivity index (χ1) is 12.8. The van der Waals surface area contributed by atoms with E-state index in [1.54, 1.807) is 0 Å². The molecule has 0 spiro atoms. The van der Waals surface area contributed by atoms with Gasteiger partial charge in [-0.15, -0.1) is 0 Å². The van der Waals surface area contributed by atoms with Gasteiger partial charge in [0.1, 0.15) is 0 Å². The molecule has 5 heteroatoms. The number of aliphatic hydroxyl groups excluding tert-OH is 2. The highest BCUT2D eigenvalue weighted by atomic mass is 16.3. The first kappa shape index (κ1) is 24.4. The zero-order valence-corrected chi connectivity index (χ0v) is 18.1. The number of rotatable bonds is 10. The summed E-state index contributed by atoms with van der Waals surface area (Å²) < 4.78 is 0. The van der Waals surface area contributed by atoms with E-state index in [2.05, 4.69) is 38.3 Å². The molecule has 0 aliphatic carbocycles. The van der Waals surface area contributed by atoms with Crippen molar-refractivity contribution in [2.75, 3.05) is 19.8 Å². The summed E-state index contributed by atoms with van der Waals surface area (Å²) >= 11 is 0. The number of aliphatic hydroxyl groups is 2. The van der Waals surface area contributed by atoms with Crippen LogP contribution in [0.15, 0.2) is 0 Å². The molecule has 4 N–H and O–H groups in total. The average Bonchev–Trinajstić information content (AvgIpc) is 3.11. The van der Waals surface area contributed by atoms with E-state index in [1.165, 1.54) is 25.7 Å². The lowest BCUT2D eigenvalue weighted by Crippen LogP contribution is -2.38. The summed E-state index contributed by atoms with van der Waals surface area (Å²) in [4.78, 5) is 11.6. The first-order valence-electron chi connectivity index (χ1n) is 11.1. The van der Waals surface area contributed by atoms with Crippen molar-refractivity contribution in [1.29, 1.82) is 0 Å². The van der Waals surface area contributed by atoms with Gasteiger partial charge in [0, 0.05) is 30.2 Å². The Morgan fingerprint density at radius 2 is 1.56 bits per heavy atom. The summed E-state index contributed by atoms with van der Waals surface area (Å²) in [5.74, 6) is 1.09. The Kier molecular flexibility index (Phi) is 10.9. The predicted molar refractivity (Wildman–Crippen MR) is 112 cm³/mol. The van der Waals surface area contributed by atoms with Crippen molar-refractivity contribution in [1.82, 2.24) is 10.6 Å². The minimum absolute atomic E-state index is 0.00591. The van der Waals surface area contributed by atoms with E-state index < -0.39 is 0 Å². The maximum absolute atomic E-state index is 11.6. The van der Waals surface area contributed by atoms with Gasteiger partial charge in [0.15, 0.2) is 0 Å². The molecule has 2 fully saturated rings. The molecule has 160 valence electrons. The number of hydrogen-bond donors (Lipinski definition) is 4. The van der Waals surface area contributed by atoms with E-state index in [0.717, 1.165) is 51.0 Å². The molecule has 2 rings (SSSR count). The van der Waals surface area contributed by atoms with Gasteiger partial charge >= 0.3 is 0 Å². The highest BCUT2D eigenvalue weighted by Crippen LogP contribution is 2.31. The van der Waals surface area contributed by atoms with Gasteiger partial charge in [0.05, 0.1) is 0 Å². The smallest absolute Gasteiger partial charge is 0.223 e. The standard InChI is InChI=1S/C11H21NO2.C11H23NO/c1-3-6-11(2)8-9(5-4-7-13)10(14)12-11;1-3-6-11(2)8-10(9-12-11)5-4-7-13/h9,13H,3-8H2,1-2H3,(H,12,14);10,12-13H,3-9H2,1-2H3. The van der Waals surface area contributed by atoms with Crippen LogP contribution in [0.5, 0.6) is 0 Å².